The topological polar surface area (TPSA) is 12.0 Å². The molecule has 1 aromatic rings. The van der Waals surface area contributed by atoms with Gasteiger partial charge < -0.3 is 5.32 Å². The van der Waals surface area contributed by atoms with Crippen LogP contribution in [0, 0.1) is 0 Å². The molecule has 0 aliphatic rings. The molecule has 0 saturated carbocycles. The lowest BCUT2D eigenvalue weighted by Crippen LogP contribution is -2.33. The summed E-state index contributed by atoms with van der Waals surface area (Å²) in [5.74, 6) is 0. The molecule has 0 aliphatic carbocycles. The number of benzene rings is 1. The standard InChI is InChI=1S/C10H14BrN/c1-10(2,12-3)8-6-4-5-7-9(8)11/h4-7,12H,1-3H3. The van der Waals surface area contributed by atoms with Gasteiger partial charge in [0, 0.05) is 10.0 Å². The lowest BCUT2D eigenvalue weighted by atomic mass is 9.95. The van der Waals surface area contributed by atoms with Crippen LogP contribution in [0.1, 0.15) is 19.4 Å². The maximum atomic E-state index is 3.53. The molecule has 1 rings (SSSR count). The molecule has 1 aromatic carbocycles. The molecular weight excluding hydrogens is 214 g/mol. The van der Waals surface area contributed by atoms with E-state index in [0.717, 1.165) is 4.47 Å². The molecule has 1 nitrogen and oxygen atoms in total. The van der Waals surface area contributed by atoms with Gasteiger partial charge in [-0.2, -0.15) is 0 Å². The quantitative estimate of drug-likeness (QED) is 0.820. The normalized spacial score (nSPS) is 11.7. The van der Waals surface area contributed by atoms with Crippen LogP contribution in [0.2, 0.25) is 0 Å². The van der Waals surface area contributed by atoms with E-state index in [1.807, 2.05) is 13.1 Å². The van der Waals surface area contributed by atoms with Gasteiger partial charge in [0.25, 0.3) is 0 Å². The molecule has 0 spiro atoms. The number of hydrogen-bond donors (Lipinski definition) is 1. The number of hydrogen-bond acceptors (Lipinski definition) is 1. The van der Waals surface area contributed by atoms with Crippen molar-refractivity contribution < 1.29 is 0 Å². The summed E-state index contributed by atoms with van der Waals surface area (Å²) in [4.78, 5) is 0. The smallest absolute Gasteiger partial charge is 0.0386 e. The molecule has 0 saturated heterocycles. The molecule has 1 N–H and O–H groups in total. The minimum atomic E-state index is 0.0279. The van der Waals surface area contributed by atoms with Gasteiger partial charge in [0.1, 0.15) is 0 Å². The summed E-state index contributed by atoms with van der Waals surface area (Å²) in [6, 6.07) is 8.27. The van der Waals surface area contributed by atoms with E-state index < -0.39 is 0 Å². The fraction of sp³-hybridized carbons (Fsp3) is 0.400. The lowest BCUT2D eigenvalue weighted by Gasteiger charge is -2.25. The zero-order valence-corrected chi connectivity index (χ0v) is 9.27. The van der Waals surface area contributed by atoms with Gasteiger partial charge in [-0.3, -0.25) is 0 Å². The molecule has 66 valence electrons. The fourth-order valence-corrected chi connectivity index (χ4v) is 1.88. The summed E-state index contributed by atoms with van der Waals surface area (Å²) < 4.78 is 1.16. The van der Waals surface area contributed by atoms with Gasteiger partial charge in [-0.15, -0.1) is 0 Å². The highest BCUT2D eigenvalue weighted by Gasteiger charge is 2.19. The fourth-order valence-electron chi connectivity index (χ4n) is 1.10. The zero-order valence-electron chi connectivity index (χ0n) is 7.69. The second kappa shape index (κ2) is 3.58. The van der Waals surface area contributed by atoms with Crippen LogP contribution in [0.5, 0.6) is 0 Å². The molecule has 0 bridgehead atoms. The highest BCUT2D eigenvalue weighted by Crippen LogP contribution is 2.26. The van der Waals surface area contributed by atoms with E-state index in [9.17, 15) is 0 Å². The number of halogens is 1. The zero-order chi connectivity index (χ0) is 9.19. The summed E-state index contributed by atoms with van der Waals surface area (Å²) in [5, 5.41) is 3.27. The molecule has 0 amide bonds. The van der Waals surface area contributed by atoms with E-state index in [0.29, 0.717) is 0 Å². The first-order valence-corrected chi connectivity index (χ1v) is 4.81. The summed E-state index contributed by atoms with van der Waals surface area (Å²) in [7, 11) is 1.97. The Morgan fingerprint density at radius 2 is 1.83 bits per heavy atom. The first-order valence-electron chi connectivity index (χ1n) is 4.02. The van der Waals surface area contributed by atoms with E-state index in [-0.39, 0.29) is 5.54 Å². The van der Waals surface area contributed by atoms with Gasteiger partial charge in [0.05, 0.1) is 0 Å². The largest absolute Gasteiger partial charge is 0.311 e. The first-order chi connectivity index (χ1) is 5.58. The SMILES string of the molecule is CNC(C)(C)c1ccccc1Br. The number of rotatable bonds is 2. The minimum Gasteiger partial charge on any atom is -0.311 e. The molecule has 12 heavy (non-hydrogen) atoms. The van der Waals surface area contributed by atoms with Crippen LogP contribution in [-0.2, 0) is 5.54 Å². The summed E-state index contributed by atoms with van der Waals surface area (Å²) in [6.07, 6.45) is 0. The maximum Gasteiger partial charge on any atom is 0.0386 e. The summed E-state index contributed by atoms with van der Waals surface area (Å²) in [6.45, 7) is 4.32. The second-order valence-electron chi connectivity index (χ2n) is 3.35. The van der Waals surface area contributed by atoms with E-state index >= 15 is 0 Å². The van der Waals surface area contributed by atoms with Gasteiger partial charge >= 0.3 is 0 Å². The van der Waals surface area contributed by atoms with E-state index in [1.54, 1.807) is 0 Å². The van der Waals surface area contributed by atoms with E-state index in [4.69, 9.17) is 0 Å². The third-order valence-corrected chi connectivity index (χ3v) is 2.86. The van der Waals surface area contributed by atoms with Crippen molar-refractivity contribution in [3.05, 3.63) is 34.3 Å². The third-order valence-electron chi connectivity index (χ3n) is 2.17. The Hall–Kier alpha value is -0.340. The Morgan fingerprint density at radius 3 is 2.33 bits per heavy atom. The van der Waals surface area contributed by atoms with Crippen molar-refractivity contribution in [3.63, 3.8) is 0 Å². The van der Waals surface area contributed by atoms with Gasteiger partial charge in [0.2, 0.25) is 0 Å². The van der Waals surface area contributed by atoms with E-state index in [2.05, 4.69) is 53.3 Å². The maximum absolute atomic E-state index is 3.53. The Kier molecular flexibility index (Phi) is 2.91. The Labute approximate surface area is 82.3 Å². The second-order valence-corrected chi connectivity index (χ2v) is 4.21. The predicted octanol–water partition coefficient (Wildman–Crippen LogP) is 2.90. The Balaban J connectivity index is 3.10. The van der Waals surface area contributed by atoms with E-state index in [1.165, 1.54) is 5.56 Å². The van der Waals surface area contributed by atoms with Crippen molar-refractivity contribution >= 4 is 15.9 Å². The van der Waals surface area contributed by atoms with Gasteiger partial charge in [-0.1, -0.05) is 34.1 Å². The molecular formula is C10H14BrN. The van der Waals surface area contributed by atoms with Gasteiger partial charge in [-0.05, 0) is 32.5 Å². The minimum absolute atomic E-state index is 0.0279. The molecule has 0 fully saturated rings. The van der Waals surface area contributed by atoms with Crippen LogP contribution in [0.4, 0.5) is 0 Å². The average Bonchev–Trinajstić information content (AvgIpc) is 2.05. The van der Waals surface area contributed by atoms with Crippen LogP contribution >= 0.6 is 15.9 Å². The van der Waals surface area contributed by atoms with Crippen LogP contribution in [0.15, 0.2) is 28.7 Å². The predicted molar refractivity (Wildman–Crippen MR) is 56.2 cm³/mol. The van der Waals surface area contributed by atoms with Crippen molar-refractivity contribution in [2.45, 2.75) is 19.4 Å². The molecule has 0 aliphatic heterocycles. The molecule has 2 heteroatoms. The van der Waals surface area contributed by atoms with Crippen molar-refractivity contribution in [2.24, 2.45) is 0 Å². The van der Waals surface area contributed by atoms with Crippen molar-refractivity contribution in [1.29, 1.82) is 0 Å². The summed E-state index contributed by atoms with van der Waals surface area (Å²) in [5.41, 5.74) is 1.31. The van der Waals surface area contributed by atoms with Crippen molar-refractivity contribution in [1.82, 2.24) is 5.32 Å². The lowest BCUT2D eigenvalue weighted by molar-refractivity contribution is 0.442. The van der Waals surface area contributed by atoms with Crippen LogP contribution in [0.3, 0.4) is 0 Å². The first kappa shape index (κ1) is 9.75. The molecule has 0 radical (unpaired) electrons. The third kappa shape index (κ3) is 1.87. The summed E-state index contributed by atoms with van der Waals surface area (Å²) >= 11 is 3.53. The van der Waals surface area contributed by atoms with Crippen molar-refractivity contribution in [2.75, 3.05) is 7.05 Å². The molecule has 0 unspecified atom stereocenters. The number of nitrogens with one attached hydrogen (secondary N) is 1. The van der Waals surface area contributed by atoms with Crippen LogP contribution in [0.25, 0.3) is 0 Å². The Morgan fingerprint density at radius 1 is 1.25 bits per heavy atom. The van der Waals surface area contributed by atoms with Gasteiger partial charge in [-0.25, -0.2) is 0 Å². The monoisotopic (exact) mass is 227 g/mol. The highest BCUT2D eigenvalue weighted by molar-refractivity contribution is 9.10. The van der Waals surface area contributed by atoms with Crippen molar-refractivity contribution in [3.8, 4) is 0 Å². The molecule has 0 heterocycles. The van der Waals surface area contributed by atoms with Gasteiger partial charge in [0.15, 0.2) is 0 Å². The van der Waals surface area contributed by atoms with Crippen LogP contribution < -0.4 is 5.32 Å². The highest BCUT2D eigenvalue weighted by atomic mass is 79.9. The Bertz CT molecular complexity index is 268. The molecule has 0 atom stereocenters. The average molecular weight is 228 g/mol. The molecule has 0 aromatic heterocycles. The van der Waals surface area contributed by atoms with Crippen LogP contribution in [-0.4, -0.2) is 7.05 Å².